The molecule has 0 aliphatic carbocycles. The maximum atomic E-state index is 12.2. The Bertz CT molecular complexity index is 911. The molecule has 3 aromatic rings. The van der Waals surface area contributed by atoms with Crippen LogP contribution in [0.1, 0.15) is 18.2 Å². The van der Waals surface area contributed by atoms with Crippen LogP contribution in [0.5, 0.6) is 11.8 Å². The van der Waals surface area contributed by atoms with Crippen LogP contribution in [0.3, 0.4) is 0 Å². The average molecular weight is 300 g/mol. The van der Waals surface area contributed by atoms with Gasteiger partial charge in [-0.3, -0.25) is 9.78 Å². The second kappa shape index (κ2) is 5.18. The lowest BCUT2D eigenvalue weighted by molar-refractivity contribution is 0.313. The normalized spacial score (nSPS) is 11.0. The average Bonchev–Trinajstić information content (AvgIpc) is 2.76. The van der Waals surface area contributed by atoms with Crippen LogP contribution in [0.15, 0.2) is 23.0 Å². The van der Waals surface area contributed by atoms with E-state index < -0.39 is 0 Å². The zero-order valence-electron chi connectivity index (χ0n) is 12.5. The van der Waals surface area contributed by atoms with Gasteiger partial charge in [0.25, 0.3) is 11.6 Å². The van der Waals surface area contributed by atoms with Gasteiger partial charge < -0.3 is 9.84 Å². The van der Waals surface area contributed by atoms with Crippen LogP contribution < -0.4 is 10.3 Å². The molecular formula is C15H16N4O3. The second-order valence-electron chi connectivity index (χ2n) is 4.99. The van der Waals surface area contributed by atoms with Gasteiger partial charge in [-0.2, -0.15) is 4.98 Å². The number of hydrogen-bond acceptors (Lipinski definition) is 5. The molecule has 2 aromatic heterocycles. The number of nitrogens with one attached hydrogen (secondary N) is 1. The van der Waals surface area contributed by atoms with E-state index in [1.54, 1.807) is 26.0 Å². The summed E-state index contributed by atoms with van der Waals surface area (Å²) in [6, 6.07) is 5.40. The van der Waals surface area contributed by atoms with Crippen molar-refractivity contribution >= 4 is 11.0 Å². The number of aryl methyl sites for hydroxylation is 2. The standard InChI is InChI=1S/C15H16N4O3/c1-4-22-15-16-13-12(14(21)17-15)9(3)19(18-13)10-6-5-8(2)7-11(10)20/h5-7,20H,4H2,1-3H3,(H,16,17,18,21). The number of nitrogens with zero attached hydrogens (tertiary/aromatic N) is 3. The number of phenolic OH excluding ortho intramolecular Hbond substituents is 1. The van der Waals surface area contributed by atoms with Crippen molar-refractivity contribution in [1.82, 2.24) is 19.7 Å². The van der Waals surface area contributed by atoms with E-state index in [9.17, 15) is 9.90 Å². The molecule has 114 valence electrons. The molecule has 3 rings (SSSR count). The van der Waals surface area contributed by atoms with E-state index in [4.69, 9.17) is 4.74 Å². The summed E-state index contributed by atoms with van der Waals surface area (Å²) < 4.78 is 6.74. The van der Waals surface area contributed by atoms with E-state index >= 15 is 0 Å². The van der Waals surface area contributed by atoms with Gasteiger partial charge in [-0.25, -0.2) is 4.68 Å². The molecule has 2 N–H and O–H groups in total. The Balaban J connectivity index is 2.25. The molecule has 0 fully saturated rings. The molecule has 0 aliphatic heterocycles. The van der Waals surface area contributed by atoms with Gasteiger partial charge in [-0.05, 0) is 38.5 Å². The first-order chi connectivity index (χ1) is 10.5. The Hall–Kier alpha value is -2.83. The van der Waals surface area contributed by atoms with Crippen LogP contribution in [0, 0.1) is 13.8 Å². The third-order valence-corrected chi connectivity index (χ3v) is 3.39. The largest absolute Gasteiger partial charge is 0.506 e. The van der Waals surface area contributed by atoms with Gasteiger partial charge in [0, 0.05) is 0 Å². The fraction of sp³-hybridized carbons (Fsp3) is 0.267. The molecule has 0 spiro atoms. The number of aromatic amines is 1. The van der Waals surface area contributed by atoms with Crippen LogP contribution >= 0.6 is 0 Å². The molecule has 2 heterocycles. The van der Waals surface area contributed by atoms with Crippen molar-refractivity contribution in [2.75, 3.05) is 6.61 Å². The Morgan fingerprint density at radius 1 is 1.36 bits per heavy atom. The van der Waals surface area contributed by atoms with Gasteiger partial charge in [-0.15, -0.1) is 5.10 Å². The minimum Gasteiger partial charge on any atom is -0.506 e. The van der Waals surface area contributed by atoms with Crippen molar-refractivity contribution in [1.29, 1.82) is 0 Å². The lowest BCUT2D eigenvalue weighted by Crippen LogP contribution is -2.10. The molecular weight excluding hydrogens is 284 g/mol. The van der Waals surface area contributed by atoms with Gasteiger partial charge in [-0.1, -0.05) is 6.07 Å². The smallest absolute Gasteiger partial charge is 0.298 e. The SMILES string of the molecule is CCOc1nc2nn(-c3ccc(C)cc3O)c(C)c2c(=O)[nH]1. The summed E-state index contributed by atoms with van der Waals surface area (Å²) in [4.78, 5) is 19.0. The molecule has 7 nitrogen and oxygen atoms in total. The maximum absolute atomic E-state index is 12.2. The summed E-state index contributed by atoms with van der Waals surface area (Å²) in [5.41, 5.74) is 2.00. The van der Waals surface area contributed by atoms with Gasteiger partial charge in [0.1, 0.15) is 16.8 Å². The topological polar surface area (TPSA) is 93.0 Å². The van der Waals surface area contributed by atoms with Gasteiger partial charge in [0.05, 0.1) is 12.3 Å². The summed E-state index contributed by atoms with van der Waals surface area (Å²) in [5.74, 6) is 0.0948. The van der Waals surface area contributed by atoms with E-state index in [0.29, 0.717) is 23.4 Å². The van der Waals surface area contributed by atoms with E-state index in [0.717, 1.165) is 5.56 Å². The van der Waals surface area contributed by atoms with Gasteiger partial charge in [0.15, 0.2) is 5.65 Å². The van der Waals surface area contributed by atoms with E-state index in [2.05, 4.69) is 15.1 Å². The quantitative estimate of drug-likeness (QED) is 0.769. The third-order valence-electron chi connectivity index (χ3n) is 3.39. The molecule has 0 unspecified atom stereocenters. The first-order valence-electron chi connectivity index (χ1n) is 6.93. The van der Waals surface area contributed by atoms with Crippen LogP contribution in [0.4, 0.5) is 0 Å². The molecule has 7 heteroatoms. The summed E-state index contributed by atoms with van der Waals surface area (Å²) in [5, 5.41) is 14.8. The number of ether oxygens (including phenoxy) is 1. The Morgan fingerprint density at radius 2 is 2.14 bits per heavy atom. The number of phenols is 1. The summed E-state index contributed by atoms with van der Waals surface area (Å²) in [7, 11) is 0. The van der Waals surface area contributed by atoms with E-state index in [1.807, 2.05) is 13.0 Å². The molecule has 0 atom stereocenters. The Kier molecular flexibility index (Phi) is 3.32. The maximum Gasteiger partial charge on any atom is 0.298 e. The zero-order valence-corrected chi connectivity index (χ0v) is 12.5. The number of benzene rings is 1. The minimum absolute atomic E-state index is 0.0948. The monoisotopic (exact) mass is 300 g/mol. The highest BCUT2D eigenvalue weighted by Gasteiger charge is 2.17. The Morgan fingerprint density at radius 3 is 2.82 bits per heavy atom. The van der Waals surface area contributed by atoms with Crippen molar-refractivity contribution in [3.8, 4) is 17.4 Å². The number of fused-ring (bicyclic) bond motifs is 1. The lowest BCUT2D eigenvalue weighted by Gasteiger charge is -2.07. The number of aromatic nitrogens is 4. The number of rotatable bonds is 3. The predicted octanol–water partition coefficient (Wildman–Crippen LogP) is 1.83. The van der Waals surface area contributed by atoms with Crippen molar-refractivity contribution < 1.29 is 9.84 Å². The lowest BCUT2D eigenvalue weighted by atomic mass is 10.2. The second-order valence-corrected chi connectivity index (χ2v) is 4.99. The molecule has 22 heavy (non-hydrogen) atoms. The van der Waals surface area contributed by atoms with Crippen LogP contribution in [0.2, 0.25) is 0 Å². The van der Waals surface area contributed by atoms with Crippen LogP contribution in [-0.2, 0) is 0 Å². The highest BCUT2D eigenvalue weighted by atomic mass is 16.5. The number of H-pyrrole nitrogens is 1. The molecule has 0 saturated heterocycles. The molecule has 0 bridgehead atoms. The van der Waals surface area contributed by atoms with Crippen molar-refractivity contribution in [2.45, 2.75) is 20.8 Å². The first kappa shape index (κ1) is 14.1. The predicted molar refractivity (Wildman–Crippen MR) is 81.8 cm³/mol. The zero-order chi connectivity index (χ0) is 15.9. The molecule has 0 amide bonds. The van der Waals surface area contributed by atoms with Crippen molar-refractivity contribution in [3.05, 3.63) is 39.8 Å². The number of hydrogen-bond donors (Lipinski definition) is 2. The van der Waals surface area contributed by atoms with Crippen molar-refractivity contribution in [2.24, 2.45) is 0 Å². The molecule has 0 saturated carbocycles. The van der Waals surface area contributed by atoms with Crippen molar-refractivity contribution in [3.63, 3.8) is 0 Å². The van der Waals surface area contributed by atoms with E-state index in [-0.39, 0.29) is 23.0 Å². The van der Waals surface area contributed by atoms with Crippen LogP contribution in [-0.4, -0.2) is 31.5 Å². The summed E-state index contributed by atoms with van der Waals surface area (Å²) in [6.45, 7) is 5.84. The first-order valence-corrected chi connectivity index (χ1v) is 6.93. The van der Waals surface area contributed by atoms with Gasteiger partial charge >= 0.3 is 0 Å². The summed E-state index contributed by atoms with van der Waals surface area (Å²) in [6.07, 6.45) is 0. The Labute approximate surface area is 126 Å². The van der Waals surface area contributed by atoms with Gasteiger partial charge in [0.2, 0.25) is 0 Å². The summed E-state index contributed by atoms with van der Waals surface area (Å²) >= 11 is 0. The number of aromatic hydroxyl groups is 1. The molecule has 1 aromatic carbocycles. The fourth-order valence-electron chi connectivity index (χ4n) is 2.37. The van der Waals surface area contributed by atoms with E-state index in [1.165, 1.54) is 4.68 Å². The third kappa shape index (κ3) is 2.20. The molecule has 0 radical (unpaired) electrons. The molecule has 0 aliphatic rings. The highest BCUT2D eigenvalue weighted by Crippen LogP contribution is 2.25. The fourth-order valence-corrected chi connectivity index (χ4v) is 2.37. The minimum atomic E-state index is -0.316. The van der Waals surface area contributed by atoms with Crippen LogP contribution in [0.25, 0.3) is 16.7 Å². The highest BCUT2D eigenvalue weighted by molar-refractivity contribution is 5.78.